The van der Waals surface area contributed by atoms with Gasteiger partial charge in [-0.2, -0.15) is 0 Å². The summed E-state index contributed by atoms with van der Waals surface area (Å²) in [5.74, 6) is 1.11. The third-order valence-corrected chi connectivity index (χ3v) is 4.93. The van der Waals surface area contributed by atoms with Crippen molar-refractivity contribution in [1.29, 1.82) is 0 Å². The molecule has 0 aromatic carbocycles. The molecule has 1 atom stereocenters. The van der Waals surface area contributed by atoms with E-state index >= 15 is 0 Å². The summed E-state index contributed by atoms with van der Waals surface area (Å²) in [5.41, 5.74) is 0. The summed E-state index contributed by atoms with van der Waals surface area (Å²) >= 11 is 0. The number of rotatable bonds is 9. The van der Waals surface area contributed by atoms with Crippen LogP contribution in [0.4, 0.5) is 0 Å². The molecule has 4 heteroatoms. The van der Waals surface area contributed by atoms with E-state index in [2.05, 4.69) is 13.8 Å². The Balaban J connectivity index is 3.26. The van der Waals surface area contributed by atoms with E-state index in [1.165, 1.54) is 6.42 Å². The zero-order valence-corrected chi connectivity index (χ0v) is 11.6. The van der Waals surface area contributed by atoms with Gasteiger partial charge in [0.15, 0.2) is 0 Å². The third kappa shape index (κ3) is 10.5. The highest BCUT2D eigenvalue weighted by atomic mass is 33.1. The standard InChI is InChI=1S/C11H22O2S2/c1-4-13-11(12)9-7-6-8-10(3)15-14-5-2/h10H,4-9H2,1-3H3. The van der Waals surface area contributed by atoms with Crippen LogP contribution in [0, 0.1) is 0 Å². The van der Waals surface area contributed by atoms with Gasteiger partial charge < -0.3 is 4.74 Å². The van der Waals surface area contributed by atoms with Gasteiger partial charge >= 0.3 is 5.97 Å². The van der Waals surface area contributed by atoms with E-state index in [0.717, 1.165) is 18.6 Å². The zero-order valence-electron chi connectivity index (χ0n) is 9.95. The van der Waals surface area contributed by atoms with Crippen LogP contribution in [0.5, 0.6) is 0 Å². The summed E-state index contributed by atoms with van der Waals surface area (Å²) < 4.78 is 4.87. The van der Waals surface area contributed by atoms with Crippen LogP contribution in [0.15, 0.2) is 0 Å². The van der Waals surface area contributed by atoms with Gasteiger partial charge in [-0.1, -0.05) is 41.9 Å². The van der Waals surface area contributed by atoms with Crippen molar-refractivity contribution in [3.63, 3.8) is 0 Å². The molecule has 0 aliphatic rings. The predicted octanol–water partition coefficient (Wildman–Crippen LogP) is 3.90. The summed E-state index contributed by atoms with van der Waals surface area (Å²) in [4.78, 5) is 11.0. The lowest BCUT2D eigenvalue weighted by Crippen LogP contribution is -2.04. The highest BCUT2D eigenvalue weighted by Gasteiger charge is 2.04. The van der Waals surface area contributed by atoms with Crippen molar-refractivity contribution < 1.29 is 9.53 Å². The van der Waals surface area contributed by atoms with Gasteiger partial charge in [-0.15, -0.1) is 0 Å². The molecule has 0 saturated carbocycles. The minimum absolute atomic E-state index is 0.0549. The fraction of sp³-hybridized carbons (Fsp3) is 0.909. The van der Waals surface area contributed by atoms with Crippen molar-refractivity contribution in [2.45, 2.75) is 51.7 Å². The molecule has 0 bridgehead atoms. The molecule has 15 heavy (non-hydrogen) atoms. The smallest absolute Gasteiger partial charge is 0.305 e. The quantitative estimate of drug-likeness (QED) is 0.352. The van der Waals surface area contributed by atoms with Crippen molar-refractivity contribution in [2.24, 2.45) is 0 Å². The fourth-order valence-electron chi connectivity index (χ4n) is 1.17. The Hall–Kier alpha value is 0.170. The maximum atomic E-state index is 11.0. The summed E-state index contributed by atoms with van der Waals surface area (Å²) in [6.07, 6.45) is 3.85. The van der Waals surface area contributed by atoms with Gasteiger partial charge in [0.05, 0.1) is 6.61 Å². The monoisotopic (exact) mass is 250 g/mol. The van der Waals surface area contributed by atoms with Crippen LogP contribution in [0.3, 0.4) is 0 Å². The molecule has 2 nitrogen and oxygen atoms in total. The van der Waals surface area contributed by atoms with E-state index < -0.39 is 0 Å². The van der Waals surface area contributed by atoms with Crippen molar-refractivity contribution in [3.05, 3.63) is 0 Å². The van der Waals surface area contributed by atoms with Crippen LogP contribution >= 0.6 is 21.6 Å². The Bertz CT molecular complexity index is 163. The molecule has 0 fully saturated rings. The van der Waals surface area contributed by atoms with E-state index in [-0.39, 0.29) is 5.97 Å². The molecular formula is C11H22O2S2. The average molecular weight is 250 g/mol. The topological polar surface area (TPSA) is 26.3 Å². The van der Waals surface area contributed by atoms with Gasteiger partial charge in [-0.3, -0.25) is 4.79 Å². The van der Waals surface area contributed by atoms with Crippen molar-refractivity contribution in [1.82, 2.24) is 0 Å². The Morgan fingerprint density at radius 1 is 1.33 bits per heavy atom. The lowest BCUT2D eigenvalue weighted by atomic mass is 10.1. The first-order chi connectivity index (χ1) is 7.20. The molecule has 0 rings (SSSR count). The first-order valence-electron chi connectivity index (χ1n) is 5.64. The molecule has 0 N–H and O–H groups in total. The summed E-state index contributed by atoms with van der Waals surface area (Å²) in [6, 6.07) is 0. The maximum absolute atomic E-state index is 11.0. The first kappa shape index (κ1) is 15.2. The molecule has 0 spiro atoms. The van der Waals surface area contributed by atoms with Gasteiger partial charge in [-0.25, -0.2) is 0 Å². The normalized spacial score (nSPS) is 12.5. The lowest BCUT2D eigenvalue weighted by Gasteiger charge is -2.08. The molecule has 0 saturated heterocycles. The van der Waals surface area contributed by atoms with Gasteiger partial charge in [0.2, 0.25) is 0 Å². The molecule has 0 amide bonds. The minimum atomic E-state index is -0.0549. The number of carbonyl (C=O) groups excluding carboxylic acids is 1. The molecule has 0 aromatic heterocycles. The Labute approximate surface area is 101 Å². The number of carbonyl (C=O) groups is 1. The minimum Gasteiger partial charge on any atom is -0.466 e. The number of ether oxygens (including phenoxy) is 1. The van der Waals surface area contributed by atoms with Crippen LogP contribution in [0.1, 0.15) is 46.5 Å². The number of esters is 1. The average Bonchev–Trinajstić information content (AvgIpc) is 2.22. The summed E-state index contributed by atoms with van der Waals surface area (Å²) in [5, 5.41) is 0.692. The second-order valence-corrected chi connectivity index (χ2v) is 6.46. The van der Waals surface area contributed by atoms with Crippen LogP contribution < -0.4 is 0 Å². The number of hydrogen-bond acceptors (Lipinski definition) is 4. The molecule has 0 aliphatic carbocycles. The SMILES string of the molecule is CCOC(=O)CCCCC(C)SSCC. The molecule has 0 aromatic rings. The van der Waals surface area contributed by atoms with Gasteiger partial charge in [0.25, 0.3) is 0 Å². The zero-order chi connectivity index (χ0) is 11.5. The third-order valence-electron chi connectivity index (χ3n) is 1.90. The Kier molecular flexibility index (Phi) is 10.8. The van der Waals surface area contributed by atoms with Gasteiger partial charge in [0.1, 0.15) is 0 Å². The second kappa shape index (κ2) is 10.7. The first-order valence-corrected chi connectivity index (χ1v) is 8.02. The number of unbranched alkanes of at least 4 members (excludes halogenated alkanes) is 1. The van der Waals surface area contributed by atoms with E-state index in [9.17, 15) is 4.79 Å². The van der Waals surface area contributed by atoms with Crippen molar-refractivity contribution in [2.75, 3.05) is 12.4 Å². The van der Waals surface area contributed by atoms with Gasteiger partial charge in [0, 0.05) is 17.4 Å². The van der Waals surface area contributed by atoms with E-state index in [1.807, 2.05) is 28.5 Å². The van der Waals surface area contributed by atoms with Gasteiger partial charge in [-0.05, 0) is 19.8 Å². The van der Waals surface area contributed by atoms with Crippen molar-refractivity contribution in [3.8, 4) is 0 Å². The second-order valence-electron chi connectivity index (χ2n) is 3.36. The Morgan fingerprint density at radius 3 is 2.67 bits per heavy atom. The Morgan fingerprint density at radius 2 is 2.07 bits per heavy atom. The predicted molar refractivity (Wildman–Crippen MR) is 70.3 cm³/mol. The molecule has 0 aliphatic heterocycles. The molecule has 90 valence electrons. The molecular weight excluding hydrogens is 228 g/mol. The maximum Gasteiger partial charge on any atom is 0.305 e. The molecule has 1 unspecified atom stereocenters. The molecule has 0 radical (unpaired) electrons. The van der Waals surface area contributed by atoms with Crippen LogP contribution in [-0.2, 0) is 9.53 Å². The van der Waals surface area contributed by atoms with Crippen molar-refractivity contribution >= 4 is 27.6 Å². The van der Waals surface area contributed by atoms with Crippen LogP contribution in [0.2, 0.25) is 0 Å². The lowest BCUT2D eigenvalue weighted by molar-refractivity contribution is -0.143. The van der Waals surface area contributed by atoms with E-state index in [4.69, 9.17) is 4.74 Å². The highest BCUT2D eigenvalue weighted by Crippen LogP contribution is 2.29. The van der Waals surface area contributed by atoms with E-state index in [1.54, 1.807) is 0 Å². The highest BCUT2D eigenvalue weighted by molar-refractivity contribution is 8.76. The van der Waals surface area contributed by atoms with Crippen LogP contribution in [0.25, 0.3) is 0 Å². The summed E-state index contributed by atoms with van der Waals surface area (Å²) in [7, 11) is 3.86. The number of hydrogen-bond donors (Lipinski definition) is 0. The largest absolute Gasteiger partial charge is 0.466 e. The van der Waals surface area contributed by atoms with Crippen LogP contribution in [-0.4, -0.2) is 23.6 Å². The summed E-state index contributed by atoms with van der Waals surface area (Å²) in [6.45, 7) is 6.76. The molecule has 0 heterocycles. The fourth-order valence-corrected chi connectivity index (χ4v) is 3.19. The van der Waals surface area contributed by atoms with E-state index in [0.29, 0.717) is 18.3 Å².